The summed E-state index contributed by atoms with van der Waals surface area (Å²) in [5.74, 6) is 2.71. The molecule has 19 heavy (non-hydrogen) atoms. The Balaban J connectivity index is 1.93. The molecule has 0 bridgehead atoms. The van der Waals surface area contributed by atoms with Gasteiger partial charge in [0, 0.05) is 18.6 Å². The topological polar surface area (TPSA) is 36.6 Å². The van der Waals surface area contributed by atoms with Crippen LogP contribution in [-0.4, -0.2) is 30.2 Å². The standard InChI is InChI=1S/C16H27NO2/c1-13-5-4-8-16(9-13,12-18)11-17(3)10-15-7-6-14(2)19-15/h6-7,13,18H,4-5,8-12H2,1-3H3. The van der Waals surface area contributed by atoms with Crippen LogP contribution in [0.3, 0.4) is 0 Å². The summed E-state index contributed by atoms with van der Waals surface area (Å²) in [7, 11) is 2.12. The normalized spacial score (nSPS) is 27.9. The summed E-state index contributed by atoms with van der Waals surface area (Å²) in [6.07, 6.45) is 4.85. The van der Waals surface area contributed by atoms with Crippen LogP contribution in [0, 0.1) is 18.3 Å². The number of hydrogen-bond acceptors (Lipinski definition) is 3. The molecular formula is C16H27NO2. The van der Waals surface area contributed by atoms with Crippen molar-refractivity contribution in [3.63, 3.8) is 0 Å². The first-order valence-corrected chi connectivity index (χ1v) is 7.38. The SMILES string of the molecule is Cc1ccc(CN(C)CC2(CO)CCCC(C)C2)o1. The van der Waals surface area contributed by atoms with Crippen LogP contribution in [0.25, 0.3) is 0 Å². The molecule has 2 unspecified atom stereocenters. The van der Waals surface area contributed by atoms with Gasteiger partial charge in [0.1, 0.15) is 11.5 Å². The van der Waals surface area contributed by atoms with E-state index in [1.807, 2.05) is 19.1 Å². The highest BCUT2D eigenvalue weighted by Crippen LogP contribution is 2.39. The Labute approximate surface area is 116 Å². The lowest BCUT2D eigenvalue weighted by Gasteiger charge is -2.41. The molecule has 2 rings (SSSR count). The summed E-state index contributed by atoms with van der Waals surface area (Å²) in [4.78, 5) is 2.28. The van der Waals surface area contributed by atoms with Crippen LogP contribution in [0.4, 0.5) is 0 Å². The predicted molar refractivity (Wildman–Crippen MR) is 76.9 cm³/mol. The minimum absolute atomic E-state index is 0.0913. The van der Waals surface area contributed by atoms with Crippen molar-refractivity contribution in [3.8, 4) is 0 Å². The van der Waals surface area contributed by atoms with Crippen molar-refractivity contribution in [2.45, 2.75) is 46.1 Å². The van der Waals surface area contributed by atoms with Crippen molar-refractivity contribution in [3.05, 3.63) is 23.7 Å². The van der Waals surface area contributed by atoms with Crippen LogP contribution in [-0.2, 0) is 6.54 Å². The molecule has 1 N–H and O–H groups in total. The van der Waals surface area contributed by atoms with Gasteiger partial charge in [-0.1, -0.05) is 19.8 Å². The Morgan fingerprint density at radius 1 is 1.47 bits per heavy atom. The second-order valence-electron chi connectivity index (χ2n) is 6.54. The number of aryl methyl sites for hydroxylation is 1. The molecular weight excluding hydrogens is 238 g/mol. The van der Waals surface area contributed by atoms with Crippen LogP contribution < -0.4 is 0 Å². The Morgan fingerprint density at radius 2 is 2.26 bits per heavy atom. The van der Waals surface area contributed by atoms with E-state index < -0.39 is 0 Å². The van der Waals surface area contributed by atoms with E-state index in [2.05, 4.69) is 18.9 Å². The molecule has 0 saturated heterocycles. The lowest BCUT2D eigenvalue weighted by atomic mass is 9.70. The predicted octanol–water partition coefficient (Wildman–Crippen LogP) is 3.21. The van der Waals surface area contributed by atoms with Gasteiger partial charge in [0.2, 0.25) is 0 Å². The average molecular weight is 265 g/mol. The molecule has 2 atom stereocenters. The molecule has 0 spiro atoms. The van der Waals surface area contributed by atoms with Gasteiger partial charge in [0.25, 0.3) is 0 Å². The zero-order valence-electron chi connectivity index (χ0n) is 12.5. The van der Waals surface area contributed by atoms with Gasteiger partial charge in [-0.25, -0.2) is 0 Å². The van der Waals surface area contributed by atoms with Crippen LogP contribution in [0.1, 0.15) is 44.1 Å². The Morgan fingerprint density at radius 3 is 2.84 bits per heavy atom. The highest BCUT2D eigenvalue weighted by atomic mass is 16.3. The number of nitrogens with zero attached hydrogens (tertiary/aromatic N) is 1. The van der Waals surface area contributed by atoms with Crippen molar-refractivity contribution in [2.24, 2.45) is 11.3 Å². The van der Waals surface area contributed by atoms with Crippen LogP contribution >= 0.6 is 0 Å². The lowest BCUT2D eigenvalue weighted by molar-refractivity contribution is 0.0275. The number of hydrogen-bond donors (Lipinski definition) is 1. The van der Waals surface area contributed by atoms with E-state index in [0.717, 1.165) is 43.4 Å². The van der Waals surface area contributed by atoms with Gasteiger partial charge in [0.15, 0.2) is 0 Å². The largest absolute Gasteiger partial charge is 0.465 e. The van der Waals surface area contributed by atoms with E-state index in [0.29, 0.717) is 6.61 Å². The van der Waals surface area contributed by atoms with E-state index >= 15 is 0 Å². The number of furan rings is 1. The Bertz CT molecular complexity index is 401. The molecule has 0 amide bonds. The van der Waals surface area contributed by atoms with Gasteiger partial charge in [0.05, 0.1) is 6.54 Å². The first-order chi connectivity index (χ1) is 9.03. The lowest BCUT2D eigenvalue weighted by Crippen LogP contribution is -2.41. The van der Waals surface area contributed by atoms with Gasteiger partial charge in [-0.3, -0.25) is 4.90 Å². The number of aliphatic hydroxyl groups is 1. The van der Waals surface area contributed by atoms with Crippen molar-refractivity contribution in [1.82, 2.24) is 4.90 Å². The van der Waals surface area contributed by atoms with Gasteiger partial charge in [-0.2, -0.15) is 0 Å². The third-order valence-corrected chi connectivity index (χ3v) is 4.35. The van der Waals surface area contributed by atoms with E-state index in [1.54, 1.807) is 0 Å². The maximum Gasteiger partial charge on any atom is 0.118 e. The molecule has 1 aromatic rings. The summed E-state index contributed by atoms with van der Waals surface area (Å²) in [6, 6.07) is 4.05. The Kier molecular flexibility index (Phi) is 4.69. The van der Waals surface area contributed by atoms with Crippen LogP contribution in [0.2, 0.25) is 0 Å². The monoisotopic (exact) mass is 265 g/mol. The molecule has 108 valence electrons. The Hall–Kier alpha value is -0.800. The molecule has 3 heteroatoms. The second kappa shape index (κ2) is 6.10. The highest BCUT2D eigenvalue weighted by molar-refractivity contribution is 5.05. The first-order valence-electron chi connectivity index (χ1n) is 7.38. The van der Waals surface area contributed by atoms with E-state index in [1.165, 1.54) is 12.8 Å². The summed E-state index contributed by atoms with van der Waals surface area (Å²) >= 11 is 0. The fourth-order valence-electron chi connectivity index (χ4n) is 3.57. The van der Waals surface area contributed by atoms with Crippen molar-refractivity contribution in [1.29, 1.82) is 0 Å². The molecule has 1 aliphatic carbocycles. The molecule has 0 radical (unpaired) electrons. The van der Waals surface area contributed by atoms with E-state index in [4.69, 9.17) is 4.42 Å². The van der Waals surface area contributed by atoms with Gasteiger partial charge >= 0.3 is 0 Å². The summed E-state index contributed by atoms with van der Waals surface area (Å²) < 4.78 is 5.63. The molecule has 3 nitrogen and oxygen atoms in total. The molecule has 0 aromatic carbocycles. The number of aliphatic hydroxyl groups excluding tert-OH is 1. The molecule has 1 aliphatic rings. The van der Waals surface area contributed by atoms with Crippen molar-refractivity contribution >= 4 is 0 Å². The first kappa shape index (κ1) is 14.6. The maximum atomic E-state index is 9.83. The third-order valence-electron chi connectivity index (χ3n) is 4.35. The second-order valence-corrected chi connectivity index (χ2v) is 6.54. The third kappa shape index (κ3) is 3.83. The molecule has 0 aliphatic heterocycles. The van der Waals surface area contributed by atoms with Gasteiger partial charge in [-0.15, -0.1) is 0 Å². The zero-order chi connectivity index (χ0) is 13.9. The molecule has 1 heterocycles. The van der Waals surface area contributed by atoms with Crippen LogP contribution in [0.5, 0.6) is 0 Å². The smallest absolute Gasteiger partial charge is 0.118 e. The highest BCUT2D eigenvalue weighted by Gasteiger charge is 2.35. The van der Waals surface area contributed by atoms with Crippen molar-refractivity contribution < 1.29 is 9.52 Å². The van der Waals surface area contributed by atoms with E-state index in [9.17, 15) is 5.11 Å². The van der Waals surface area contributed by atoms with E-state index in [-0.39, 0.29) is 5.41 Å². The molecule has 1 saturated carbocycles. The van der Waals surface area contributed by atoms with Gasteiger partial charge < -0.3 is 9.52 Å². The summed E-state index contributed by atoms with van der Waals surface area (Å²) in [5.41, 5.74) is 0.0913. The minimum Gasteiger partial charge on any atom is -0.465 e. The number of rotatable bonds is 5. The summed E-state index contributed by atoms with van der Waals surface area (Å²) in [6.45, 7) is 6.36. The van der Waals surface area contributed by atoms with Gasteiger partial charge in [-0.05, 0) is 44.9 Å². The minimum atomic E-state index is 0.0913. The van der Waals surface area contributed by atoms with Crippen LogP contribution in [0.15, 0.2) is 16.5 Å². The average Bonchev–Trinajstić information content (AvgIpc) is 2.74. The summed E-state index contributed by atoms with van der Waals surface area (Å²) in [5, 5.41) is 9.83. The fourth-order valence-corrected chi connectivity index (χ4v) is 3.57. The molecule has 1 fully saturated rings. The maximum absolute atomic E-state index is 9.83. The fraction of sp³-hybridized carbons (Fsp3) is 0.750. The quantitative estimate of drug-likeness (QED) is 0.888. The zero-order valence-corrected chi connectivity index (χ0v) is 12.5. The molecule has 1 aromatic heterocycles. The van der Waals surface area contributed by atoms with Crippen molar-refractivity contribution in [2.75, 3.05) is 20.2 Å².